The molecule has 4 saturated heterocycles. The lowest BCUT2D eigenvalue weighted by Crippen LogP contribution is -2.38. The molecule has 0 saturated carbocycles. The number of aromatic nitrogens is 16. The van der Waals surface area contributed by atoms with Crippen LogP contribution in [0.25, 0.3) is 88.1 Å². The van der Waals surface area contributed by atoms with Gasteiger partial charge in [0, 0.05) is 185 Å². The maximum absolute atomic E-state index is 13.6. The Balaban J connectivity index is 0.000000129. The molecule has 4 aliphatic heterocycles. The number of anilines is 6. The van der Waals surface area contributed by atoms with Crippen molar-refractivity contribution in [3.63, 3.8) is 0 Å². The fourth-order valence-electron chi connectivity index (χ4n) is 17.5. The van der Waals surface area contributed by atoms with Gasteiger partial charge in [0.2, 0.25) is 0 Å². The van der Waals surface area contributed by atoms with E-state index >= 15 is 0 Å². The number of H-pyrrole nitrogens is 4. The van der Waals surface area contributed by atoms with E-state index in [0.717, 1.165) is 162 Å². The Morgan fingerprint density at radius 1 is 0.314 bits per heavy atom. The summed E-state index contributed by atoms with van der Waals surface area (Å²) in [6.45, 7) is 9.05. The van der Waals surface area contributed by atoms with E-state index in [9.17, 15) is 36.7 Å². The molecular formula is C104H112F4N28O4. The number of rotatable bonds is 26. The molecule has 8 N–H and O–H groups in total. The van der Waals surface area contributed by atoms with Crippen LogP contribution in [0, 0.1) is 0 Å². The van der Waals surface area contributed by atoms with Crippen LogP contribution in [0.1, 0.15) is 127 Å². The Morgan fingerprint density at radius 2 is 0.600 bits per heavy atom. The highest BCUT2D eigenvalue weighted by molar-refractivity contribution is 6.14. The summed E-state index contributed by atoms with van der Waals surface area (Å²) >= 11 is 0. The number of carbonyl (C=O) groups is 4. The first kappa shape index (κ1) is 96.6. The molecule has 0 spiro atoms. The Labute approximate surface area is 807 Å². The molecule has 20 rings (SSSR count). The van der Waals surface area contributed by atoms with Crippen LogP contribution in [0.3, 0.4) is 0 Å². The Kier molecular flexibility index (Phi) is 30.2. The number of piperidine rings is 2. The Hall–Kier alpha value is -15.1. The molecule has 4 amide bonds. The van der Waals surface area contributed by atoms with E-state index in [-0.39, 0.29) is 60.8 Å². The summed E-state index contributed by atoms with van der Waals surface area (Å²) in [4.78, 5) is 104. The third-order valence-electron chi connectivity index (χ3n) is 24.6. The number of alkyl halides is 4. The van der Waals surface area contributed by atoms with Gasteiger partial charge in [-0.2, -0.15) is 20.4 Å². The fraction of sp³-hybridized carbons (Fsp3) is 0.308. The monoisotopic (exact) mass is 1890 g/mol. The maximum Gasteiger partial charge on any atom is 0.276 e. The highest BCUT2D eigenvalue weighted by Crippen LogP contribution is 2.37. The second-order valence-corrected chi connectivity index (χ2v) is 37.0. The van der Waals surface area contributed by atoms with E-state index in [4.69, 9.17) is 0 Å². The van der Waals surface area contributed by atoms with Gasteiger partial charge in [-0.05, 0) is 243 Å². The molecule has 720 valence electrons. The normalized spacial score (nSPS) is 14.8. The smallest absolute Gasteiger partial charge is 0.276 e. The van der Waals surface area contributed by atoms with Crippen LogP contribution in [-0.4, -0.2) is 254 Å². The molecule has 16 aromatic rings. The van der Waals surface area contributed by atoms with Crippen LogP contribution in [-0.2, 0) is 39.3 Å². The topological polar surface area (TPSA) is 360 Å². The van der Waals surface area contributed by atoms with Gasteiger partial charge in [-0.15, -0.1) is 0 Å². The van der Waals surface area contributed by atoms with Crippen LogP contribution < -0.4 is 31.1 Å². The lowest BCUT2D eigenvalue weighted by atomic mass is 10.0. The van der Waals surface area contributed by atoms with E-state index < -0.39 is 11.8 Å². The predicted molar refractivity (Wildman–Crippen MR) is 537 cm³/mol. The quantitative estimate of drug-likeness (QED) is 0.0233. The van der Waals surface area contributed by atoms with Gasteiger partial charge < -0.3 is 50.7 Å². The largest absolute Gasteiger partial charge is 0.370 e. The van der Waals surface area contributed by atoms with Gasteiger partial charge in [0.05, 0.1) is 123 Å². The van der Waals surface area contributed by atoms with Gasteiger partial charge >= 0.3 is 0 Å². The molecule has 4 aromatic carbocycles. The minimum absolute atomic E-state index is 0.113. The third-order valence-corrected chi connectivity index (χ3v) is 24.6. The minimum atomic E-state index is -2.63. The highest BCUT2D eigenvalue weighted by Gasteiger charge is 2.38. The van der Waals surface area contributed by atoms with Crippen LogP contribution in [0.4, 0.5) is 51.7 Å². The summed E-state index contributed by atoms with van der Waals surface area (Å²) in [5, 5.41) is 43.2. The number of likely N-dealkylation sites (tertiary alicyclic amines) is 2. The molecular weight excluding hydrogens is 1780 g/mol. The van der Waals surface area contributed by atoms with Gasteiger partial charge in [0.15, 0.2) is 22.8 Å². The van der Waals surface area contributed by atoms with Gasteiger partial charge in [-0.1, -0.05) is 24.3 Å². The van der Waals surface area contributed by atoms with Crippen LogP contribution >= 0.6 is 0 Å². The number of benzene rings is 4. The Morgan fingerprint density at radius 3 is 0.893 bits per heavy atom. The van der Waals surface area contributed by atoms with E-state index in [1.165, 1.54) is 32.1 Å². The number of hydrogen-bond acceptors (Lipinski definition) is 24. The standard InChI is InChI=1S/C27H29F2N7O.C26H27F2N7O.C26H29N7O.C25H27N7O/c1-35(2)17-22-5-4-21(15-31-22)32-26(37)25-23-12-19(3-6-24(23)33-34-25)20-11-18(13-30-14-20)16-36-9-7-27(28,29)8-10-36;1-34(2)15-21-5-4-20(13-30-21)31-25(36)24-22-10-18(3-6-23(22)32-33-24)19-9-17(11-29-12-19)14-35-8-7-26(27,28)16-35;1-32(2)17-21-8-7-20(15-28-21)29-26(34)25-23-13-18(6-9-24(23)30-31-25)19-12-22(16-27-14-19)33-10-4-3-5-11-33;1-31(2)16-20-7-6-19(14-27-20)28-25(33)24-22-12-17(5-8-23(22)29-30-24)18-11-21(15-26-13-18)32-9-3-4-10-32/h3-6,11-15H,7-10,16-17H2,1-2H3,(H,32,37)(H,33,34);3-6,9-13H,7-8,14-16H2,1-2H3,(H,31,36)(H,32,33);6-9,12-16H,3-5,10-11,17H2,1-2H3,(H,29,34)(H,30,31);5-8,11-15H,3-4,9-10,16H2,1-2H3,(H,28,33)(H,29,30). The lowest BCUT2D eigenvalue weighted by Gasteiger charge is -2.31. The number of nitrogens with zero attached hydrogens (tertiary/aromatic N) is 20. The van der Waals surface area contributed by atoms with Crippen molar-refractivity contribution in [1.82, 2.24) is 110 Å². The molecule has 16 heterocycles. The van der Waals surface area contributed by atoms with Gasteiger partial charge in [-0.3, -0.25) is 89.2 Å². The van der Waals surface area contributed by atoms with Crippen LogP contribution in [0.5, 0.6) is 0 Å². The van der Waals surface area contributed by atoms with Gasteiger partial charge in [0.1, 0.15) is 0 Å². The van der Waals surface area contributed by atoms with Crippen molar-refractivity contribution in [3.05, 3.63) is 277 Å². The summed E-state index contributed by atoms with van der Waals surface area (Å²) < 4.78 is 54.1. The summed E-state index contributed by atoms with van der Waals surface area (Å²) in [5.74, 6) is -6.41. The van der Waals surface area contributed by atoms with E-state index in [0.29, 0.717) is 90.7 Å². The molecule has 36 heteroatoms. The van der Waals surface area contributed by atoms with Gasteiger partial charge in [-0.25, -0.2) is 17.6 Å². The molecule has 140 heavy (non-hydrogen) atoms. The summed E-state index contributed by atoms with van der Waals surface area (Å²) in [6, 6.07) is 46.6. The van der Waals surface area contributed by atoms with Gasteiger partial charge in [0.25, 0.3) is 35.5 Å². The fourth-order valence-corrected chi connectivity index (χ4v) is 17.5. The molecule has 4 aliphatic rings. The molecule has 0 atom stereocenters. The molecule has 0 radical (unpaired) electrons. The number of carbonyl (C=O) groups excluding carboxylic acids is 4. The maximum atomic E-state index is 13.6. The zero-order valence-corrected chi connectivity index (χ0v) is 79.4. The van der Waals surface area contributed by atoms with Crippen molar-refractivity contribution in [2.45, 2.75) is 102 Å². The van der Waals surface area contributed by atoms with E-state index in [2.05, 4.69) is 124 Å². The van der Waals surface area contributed by atoms with Crippen molar-refractivity contribution in [2.75, 3.05) is 140 Å². The summed E-state index contributed by atoms with van der Waals surface area (Å²) in [5.41, 5.74) is 22.1. The molecule has 0 bridgehead atoms. The minimum Gasteiger partial charge on any atom is -0.370 e. The van der Waals surface area contributed by atoms with E-state index in [1.54, 1.807) is 54.5 Å². The Bertz CT molecular complexity index is 7010. The van der Waals surface area contributed by atoms with Crippen molar-refractivity contribution < 1.29 is 36.7 Å². The van der Waals surface area contributed by atoms with Crippen molar-refractivity contribution in [3.8, 4) is 44.5 Å². The number of pyridine rings is 8. The second-order valence-electron chi connectivity index (χ2n) is 37.0. The number of aromatic amines is 4. The average molecular weight is 1890 g/mol. The molecule has 4 fully saturated rings. The molecule has 32 nitrogen and oxygen atoms in total. The SMILES string of the molecule is CN(C)Cc1ccc(NC(=O)c2n[nH]c3ccc(-c4cncc(CN5CCC(F)(F)C5)c4)cc23)cn1.CN(C)Cc1ccc(NC(=O)c2n[nH]c3ccc(-c4cncc(CN5CCC(F)(F)CC5)c4)cc23)cn1.CN(C)Cc1ccc(NC(=O)c2n[nH]c3ccc(-c4cncc(N5CCCC5)c4)cc23)cn1.CN(C)Cc1ccc(NC(=O)c2n[nH]c3ccc(-c4cncc(N5CCCCC5)c4)cc23)cn1. The number of amides is 4. The summed E-state index contributed by atoms with van der Waals surface area (Å²) in [6.07, 6.45) is 27.0. The second kappa shape index (κ2) is 43.7. The molecule has 12 aromatic heterocycles. The number of hydrogen-bond donors (Lipinski definition) is 8. The number of nitrogens with one attached hydrogen (secondary N) is 8. The highest BCUT2D eigenvalue weighted by atomic mass is 19.3. The van der Waals surface area contributed by atoms with Crippen molar-refractivity contribution in [1.29, 1.82) is 0 Å². The first-order chi connectivity index (χ1) is 67.6. The number of halogens is 4. The zero-order valence-electron chi connectivity index (χ0n) is 79.4. The van der Waals surface area contributed by atoms with E-state index in [1.807, 2.05) is 239 Å². The lowest BCUT2D eigenvalue weighted by molar-refractivity contribution is -0.0566. The zero-order chi connectivity index (χ0) is 97.6. The van der Waals surface area contributed by atoms with Crippen LogP contribution in [0.15, 0.2) is 220 Å². The first-order valence-corrected chi connectivity index (χ1v) is 46.7. The van der Waals surface area contributed by atoms with Crippen LogP contribution in [0.2, 0.25) is 0 Å². The van der Waals surface area contributed by atoms with Crippen molar-refractivity contribution in [2.24, 2.45) is 0 Å². The molecule has 0 aliphatic carbocycles. The summed E-state index contributed by atoms with van der Waals surface area (Å²) in [7, 11) is 15.9. The predicted octanol–water partition coefficient (Wildman–Crippen LogP) is 17.0. The molecule has 0 unspecified atom stereocenters. The van der Waals surface area contributed by atoms with Crippen molar-refractivity contribution >= 4 is 101 Å². The third kappa shape index (κ3) is 24.9. The number of fused-ring (bicyclic) bond motifs is 4. The average Bonchev–Trinajstić information content (AvgIpc) is 1.61. The first-order valence-electron chi connectivity index (χ1n) is 46.7.